The molecule has 1 N–H and O–H groups in total. The van der Waals surface area contributed by atoms with Crippen LogP contribution in [0, 0.1) is 13.8 Å². The summed E-state index contributed by atoms with van der Waals surface area (Å²) < 4.78 is 2.03. The van der Waals surface area contributed by atoms with Gasteiger partial charge in [-0.25, -0.2) is 4.98 Å². The minimum Gasteiger partial charge on any atom is -0.372 e. The van der Waals surface area contributed by atoms with Crippen molar-refractivity contribution in [3.8, 4) is 5.69 Å². The highest BCUT2D eigenvalue weighted by Gasteiger charge is 2.14. The fraction of sp³-hybridized carbons (Fsp3) is 0.304. The summed E-state index contributed by atoms with van der Waals surface area (Å²) in [5.41, 5.74) is 5.47. The van der Waals surface area contributed by atoms with Crippen LogP contribution in [0.25, 0.3) is 5.69 Å². The highest BCUT2D eigenvalue weighted by molar-refractivity contribution is 7.99. The lowest BCUT2D eigenvalue weighted by Crippen LogP contribution is -2.18. The van der Waals surface area contributed by atoms with Crippen molar-refractivity contribution in [2.24, 2.45) is 0 Å². The number of imidazole rings is 1. The molecule has 2 aromatic carbocycles. The second-order valence-electron chi connectivity index (χ2n) is 7.40. The topological polar surface area (TPSA) is 50.2 Å². The third-order valence-corrected chi connectivity index (χ3v) is 6.24. The normalized spacial score (nSPS) is 13.7. The molecule has 1 amide bonds. The van der Waals surface area contributed by atoms with Gasteiger partial charge in [-0.2, -0.15) is 0 Å². The highest BCUT2D eigenvalue weighted by atomic mass is 32.2. The summed E-state index contributed by atoms with van der Waals surface area (Å²) in [5, 5.41) is 3.86. The molecule has 150 valence electrons. The number of anilines is 2. The van der Waals surface area contributed by atoms with Crippen molar-refractivity contribution in [2.45, 2.75) is 31.8 Å². The Hall–Kier alpha value is -2.73. The number of hydrogen-bond acceptors (Lipinski definition) is 4. The average Bonchev–Trinajstić information content (AvgIpc) is 3.40. The molecule has 1 aromatic heterocycles. The number of nitrogens with zero attached hydrogens (tertiary/aromatic N) is 3. The molecule has 1 aliphatic heterocycles. The van der Waals surface area contributed by atoms with Gasteiger partial charge >= 0.3 is 0 Å². The molecule has 0 unspecified atom stereocenters. The number of aryl methyl sites for hydroxylation is 2. The SMILES string of the molecule is Cc1cc(N2CCCC2)ccc1NC(=O)CSc1nccn1-c1ccccc1C. The van der Waals surface area contributed by atoms with Gasteiger partial charge in [0.25, 0.3) is 0 Å². The molecule has 0 atom stereocenters. The maximum Gasteiger partial charge on any atom is 0.234 e. The van der Waals surface area contributed by atoms with Crippen LogP contribution >= 0.6 is 11.8 Å². The Balaban J connectivity index is 1.39. The van der Waals surface area contributed by atoms with Crippen molar-refractivity contribution in [3.05, 3.63) is 66.0 Å². The number of aromatic nitrogens is 2. The molecule has 0 aliphatic carbocycles. The third-order valence-electron chi connectivity index (χ3n) is 5.27. The number of thioether (sulfide) groups is 1. The number of carbonyl (C=O) groups excluding carboxylic acids is 1. The first-order valence-corrected chi connectivity index (χ1v) is 11.0. The molecular weight excluding hydrogens is 380 g/mol. The monoisotopic (exact) mass is 406 g/mol. The van der Waals surface area contributed by atoms with Crippen molar-refractivity contribution in [1.82, 2.24) is 9.55 Å². The van der Waals surface area contributed by atoms with Crippen LogP contribution in [0.2, 0.25) is 0 Å². The van der Waals surface area contributed by atoms with Crippen molar-refractivity contribution < 1.29 is 4.79 Å². The van der Waals surface area contributed by atoms with Gasteiger partial charge in [-0.1, -0.05) is 30.0 Å². The summed E-state index contributed by atoms with van der Waals surface area (Å²) in [6.07, 6.45) is 6.22. The molecule has 1 fully saturated rings. The zero-order chi connectivity index (χ0) is 20.2. The molecule has 1 aliphatic rings. The summed E-state index contributed by atoms with van der Waals surface area (Å²) in [6.45, 7) is 6.36. The predicted molar refractivity (Wildman–Crippen MR) is 120 cm³/mol. The molecule has 1 saturated heterocycles. The van der Waals surface area contributed by atoms with E-state index in [0.29, 0.717) is 5.75 Å². The minimum atomic E-state index is -0.0219. The Bertz CT molecular complexity index is 1010. The molecule has 4 rings (SSSR count). The van der Waals surface area contributed by atoms with Crippen LogP contribution in [-0.4, -0.2) is 34.3 Å². The number of benzene rings is 2. The number of rotatable bonds is 6. The Morgan fingerprint density at radius 3 is 2.66 bits per heavy atom. The van der Waals surface area contributed by atoms with E-state index in [-0.39, 0.29) is 5.91 Å². The van der Waals surface area contributed by atoms with Gasteiger partial charge in [-0.15, -0.1) is 0 Å². The number of para-hydroxylation sites is 1. The number of nitrogens with one attached hydrogen (secondary N) is 1. The Morgan fingerprint density at radius 1 is 1.10 bits per heavy atom. The maximum absolute atomic E-state index is 12.5. The molecule has 3 aromatic rings. The van der Waals surface area contributed by atoms with Gasteiger partial charge in [-0.3, -0.25) is 9.36 Å². The zero-order valence-corrected chi connectivity index (χ0v) is 17.7. The van der Waals surface area contributed by atoms with Crippen molar-refractivity contribution in [3.63, 3.8) is 0 Å². The molecule has 6 heteroatoms. The van der Waals surface area contributed by atoms with Crippen LogP contribution in [0.5, 0.6) is 0 Å². The number of hydrogen-bond donors (Lipinski definition) is 1. The van der Waals surface area contributed by atoms with Gasteiger partial charge in [0.05, 0.1) is 11.4 Å². The standard InChI is InChI=1S/C23H26N4OS/c1-17-7-3-4-8-21(17)27-14-11-24-23(27)29-16-22(28)25-20-10-9-19(15-18(20)2)26-12-5-6-13-26/h3-4,7-11,14-15H,5-6,12-13,16H2,1-2H3,(H,25,28). The molecule has 5 nitrogen and oxygen atoms in total. The third kappa shape index (κ3) is 4.48. The lowest BCUT2D eigenvalue weighted by Gasteiger charge is -2.19. The molecule has 29 heavy (non-hydrogen) atoms. The van der Waals surface area contributed by atoms with E-state index in [9.17, 15) is 4.79 Å². The van der Waals surface area contributed by atoms with E-state index in [1.54, 1.807) is 6.20 Å². The molecule has 0 spiro atoms. The van der Waals surface area contributed by atoms with E-state index in [0.717, 1.165) is 35.2 Å². The number of amides is 1. The zero-order valence-electron chi connectivity index (χ0n) is 16.9. The Morgan fingerprint density at radius 2 is 1.90 bits per heavy atom. The first-order chi connectivity index (χ1) is 14.1. The van der Waals surface area contributed by atoms with E-state index < -0.39 is 0 Å². The molecular formula is C23H26N4OS. The first-order valence-electron chi connectivity index (χ1n) is 9.99. The lowest BCUT2D eigenvalue weighted by atomic mass is 10.1. The largest absolute Gasteiger partial charge is 0.372 e. The Labute approximate surface area is 176 Å². The summed E-state index contributed by atoms with van der Waals surface area (Å²) in [6, 6.07) is 14.5. The van der Waals surface area contributed by atoms with E-state index in [4.69, 9.17) is 0 Å². The van der Waals surface area contributed by atoms with Gasteiger partial charge in [0, 0.05) is 36.9 Å². The predicted octanol–water partition coefficient (Wildman–Crippen LogP) is 4.82. The summed E-state index contributed by atoms with van der Waals surface area (Å²) in [7, 11) is 0. The van der Waals surface area contributed by atoms with E-state index in [2.05, 4.69) is 46.4 Å². The van der Waals surface area contributed by atoms with E-state index in [1.807, 2.05) is 35.9 Å². The van der Waals surface area contributed by atoms with Crippen LogP contribution in [-0.2, 0) is 4.79 Å². The minimum absolute atomic E-state index is 0.0219. The van der Waals surface area contributed by atoms with Gasteiger partial charge in [0.15, 0.2) is 5.16 Å². The van der Waals surface area contributed by atoms with E-state index in [1.165, 1.54) is 35.9 Å². The van der Waals surface area contributed by atoms with Gasteiger partial charge in [0.2, 0.25) is 5.91 Å². The summed E-state index contributed by atoms with van der Waals surface area (Å²) in [4.78, 5) is 19.4. The van der Waals surface area contributed by atoms with Crippen LogP contribution in [0.1, 0.15) is 24.0 Å². The first kappa shape index (κ1) is 19.6. The maximum atomic E-state index is 12.5. The lowest BCUT2D eigenvalue weighted by molar-refractivity contribution is -0.113. The van der Waals surface area contributed by atoms with Crippen molar-refractivity contribution in [2.75, 3.05) is 29.1 Å². The van der Waals surface area contributed by atoms with E-state index >= 15 is 0 Å². The van der Waals surface area contributed by atoms with Gasteiger partial charge in [-0.05, 0) is 62.1 Å². The van der Waals surface area contributed by atoms with Crippen LogP contribution < -0.4 is 10.2 Å². The van der Waals surface area contributed by atoms with Crippen molar-refractivity contribution in [1.29, 1.82) is 0 Å². The molecule has 0 saturated carbocycles. The summed E-state index contributed by atoms with van der Waals surface area (Å²) >= 11 is 1.45. The fourth-order valence-electron chi connectivity index (χ4n) is 3.69. The molecule has 0 bridgehead atoms. The van der Waals surface area contributed by atoms with Crippen molar-refractivity contribution >= 4 is 29.0 Å². The van der Waals surface area contributed by atoms with Crippen LogP contribution in [0.4, 0.5) is 11.4 Å². The number of carbonyl (C=O) groups is 1. The Kier molecular flexibility index (Phi) is 5.90. The highest BCUT2D eigenvalue weighted by Crippen LogP contribution is 2.26. The average molecular weight is 407 g/mol. The second-order valence-corrected chi connectivity index (χ2v) is 8.34. The second kappa shape index (κ2) is 8.74. The van der Waals surface area contributed by atoms with Gasteiger partial charge in [0.1, 0.15) is 0 Å². The van der Waals surface area contributed by atoms with Gasteiger partial charge < -0.3 is 10.2 Å². The fourth-order valence-corrected chi connectivity index (χ4v) is 4.46. The summed E-state index contributed by atoms with van der Waals surface area (Å²) in [5.74, 6) is 0.294. The molecule has 0 radical (unpaired) electrons. The van der Waals surface area contributed by atoms with Crippen LogP contribution in [0.15, 0.2) is 60.0 Å². The smallest absolute Gasteiger partial charge is 0.234 e. The molecule has 2 heterocycles. The quantitative estimate of drug-likeness (QED) is 0.596. The van der Waals surface area contributed by atoms with Crippen LogP contribution in [0.3, 0.4) is 0 Å².